The first kappa shape index (κ1) is 15.8. The van der Waals surface area contributed by atoms with Crippen molar-refractivity contribution in [2.75, 3.05) is 13.2 Å². The lowest BCUT2D eigenvalue weighted by Crippen LogP contribution is -2.40. The Bertz CT molecular complexity index is 494. The zero-order valence-electron chi connectivity index (χ0n) is 13.2. The van der Waals surface area contributed by atoms with Crippen LogP contribution < -0.4 is 15.8 Å². The summed E-state index contributed by atoms with van der Waals surface area (Å²) in [4.78, 5) is 12.5. The highest BCUT2D eigenvalue weighted by Gasteiger charge is 2.28. The van der Waals surface area contributed by atoms with E-state index < -0.39 is 0 Å². The lowest BCUT2D eigenvalue weighted by atomic mass is 9.84. The van der Waals surface area contributed by atoms with Crippen molar-refractivity contribution in [3.8, 4) is 5.75 Å². The number of fused-ring (bicyclic) bond motifs is 1. The van der Waals surface area contributed by atoms with Crippen molar-refractivity contribution < 1.29 is 9.53 Å². The van der Waals surface area contributed by atoms with Gasteiger partial charge in [0.25, 0.3) is 0 Å². The van der Waals surface area contributed by atoms with E-state index in [9.17, 15) is 4.79 Å². The number of hydrogen-bond acceptors (Lipinski definition) is 3. The Morgan fingerprint density at radius 3 is 2.81 bits per heavy atom. The Balaban J connectivity index is 2.06. The molecule has 1 aliphatic rings. The van der Waals surface area contributed by atoms with Gasteiger partial charge in [-0.15, -0.1) is 0 Å². The summed E-state index contributed by atoms with van der Waals surface area (Å²) < 4.78 is 5.63. The van der Waals surface area contributed by atoms with E-state index in [0.717, 1.165) is 24.2 Å². The molecular formula is C17H26N2O2. The van der Waals surface area contributed by atoms with E-state index >= 15 is 0 Å². The number of para-hydroxylation sites is 1. The first-order valence-electron chi connectivity index (χ1n) is 7.63. The van der Waals surface area contributed by atoms with Crippen molar-refractivity contribution in [3.63, 3.8) is 0 Å². The SMILES string of the molecule is CC(C)(C)CC(CN)C(=O)NC1CCOc2ccccc21. The van der Waals surface area contributed by atoms with E-state index in [1.807, 2.05) is 24.3 Å². The maximum absolute atomic E-state index is 12.5. The molecule has 1 heterocycles. The highest BCUT2D eigenvalue weighted by atomic mass is 16.5. The van der Waals surface area contributed by atoms with Gasteiger partial charge in [0, 0.05) is 18.5 Å². The average Bonchev–Trinajstić information content (AvgIpc) is 2.44. The molecule has 0 spiro atoms. The lowest BCUT2D eigenvalue weighted by Gasteiger charge is -2.30. The van der Waals surface area contributed by atoms with Crippen LogP contribution in [0.4, 0.5) is 0 Å². The summed E-state index contributed by atoms with van der Waals surface area (Å²) in [5.74, 6) is 0.781. The van der Waals surface area contributed by atoms with Crippen LogP contribution >= 0.6 is 0 Å². The highest BCUT2D eigenvalue weighted by molar-refractivity contribution is 5.79. The minimum absolute atomic E-state index is 0.0245. The summed E-state index contributed by atoms with van der Waals surface area (Å²) in [5, 5.41) is 3.15. The predicted octanol–water partition coefficient (Wildman–Crippen LogP) is 2.64. The first-order chi connectivity index (χ1) is 9.90. The second kappa shape index (κ2) is 6.48. The molecule has 0 bridgehead atoms. The fourth-order valence-corrected chi connectivity index (χ4v) is 2.80. The molecule has 0 saturated carbocycles. The third-order valence-corrected chi connectivity index (χ3v) is 3.79. The van der Waals surface area contributed by atoms with Gasteiger partial charge in [-0.05, 0) is 17.9 Å². The number of nitrogens with one attached hydrogen (secondary N) is 1. The number of carbonyl (C=O) groups excluding carboxylic acids is 1. The highest BCUT2D eigenvalue weighted by Crippen LogP contribution is 2.32. The van der Waals surface area contributed by atoms with E-state index in [1.54, 1.807) is 0 Å². The van der Waals surface area contributed by atoms with Crippen LogP contribution in [0, 0.1) is 11.3 Å². The molecule has 0 aliphatic carbocycles. The van der Waals surface area contributed by atoms with Crippen LogP contribution in [0.2, 0.25) is 0 Å². The van der Waals surface area contributed by atoms with Gasteiger partial charge in [0.15, 0.2) is 0 Å². The Morgan fingerprint density at radius 1 is 1.43 bits per heavy atom. The van der Waals surface area contributed by atoms with Crippen molar-refractivity contribution in [2.24, 2.45) is 17.1 Å². The molecule has 1 aromatic rings. The van der Waals surface area contributed by atoms with Crippen LogP contribution in [-0.4, -0.2) is 19.1 Å². The normalized spacial score (nSPS) is 19.3. The molecule has 4 heteroatoms. The first-order valence-corrected chi connectivity index (χ1v) is 7.63. The van der Waals surface area contributed by atoms with E-state index in [1.165, 1.54) is 0 Å². The Morgan fingerprint density at radius 2 is 2.14 bits per heavy atom. The monoisotopic (exact) mass is 290 g/mol. The van der Waals surface area contributed by atoms with Gasteiger partial charge in [-0.3, -0.25) is 4.79 Å². The molecule has 21 heavy (non-hydrogen) atoms. The third-order valence-electron chi connectivity index (χ3n) is 3.79. The number of nitrogens with two attached hydrogens (primary N) is 1. The van der Waals surface area contributed by atoms with E-state index in [4.69, 9.17) is 10.5 Å². The van der Waals surface area contributed by atoms with Gasteiger partial charge in [-0.25, -0.2) is 0 Å². The van der Waals surface area contributed by atoms with E-state index in [2.05, 4.69) is 26.1 Å². The summed E-state index contributed by atoms with van der Waals surface area (Å²) in [6.45, 7) is 7.41. The Labute approximate surface area is 127 Å². The molecule has 116 valence electrons. The van der Waals surface area contributed by atoms with Gasteiger partial charge in [0.05, 0.1) is 18.6 Å². The van der Waals surface area contributed by atoms with Gasteiger partial charge in [0.2, 0.25) is 5.91 Å². The van der Waals surface area contributed by atoms with E-state index in [0.29, 0.717) is 13.2 Å². The van der Waals surface area contributed by atoms with Crippen LogP contribution in [0.5, 0.6) is 5.75 Å². The topological polar surface area (TPSA) is 64.4 Å². The maximum Gasteiger partial charge on any atom is 0.224 e. The van der Waals surface area contributed by atoms with Crippen LogP contribution in [-0.2, 0) is 4.79 Å². The molecule has 2 unspecified atom stereocenters. The van der Waals surface area contributed by atoms with Gasteiger partial charge in [0.1, 0.15) is 5.75 Å². The van der Waals surface area contributed by atoms with Crippen LogP contribution in [0.1, 0.15) is 45.2 Å². The number of benzene rings is 1. The van der Waals surface area contributed by atoms with Crippen LogP contribution in [0.15, 0.2) is 24.3 Å². The zero-order chi connectivity index (χ0) is 15.5. The summed E-state index contributed by atoms with van der Waals surface area (Å²) in [6.07, 6.45) is 1.59. The largest absolute Gasteiger partial charge is 0.493 e. The molecule has 4 nitrogen and oxygen atoms in total. The summed E-state index contributed by atoms with van der Waals surface area (Å²) in [6, 6.07) is 7.91. The molecule has 1 amide bonds. The van der Waals surface area contributed by atoms with Crippen molar-refractivity contribution >= 4 is 5.91 Å². The molecule has 1 aromatic carbocycles. The van der Waals surface area contributed by atoms with Crippen molar-refractivity contribution in [1.82, 2.24) is 5.32 Å². The number of ether oxygens (including phenoxy) is 1. The number of carbonyl (C=O) groups is 1. The van der Waals surface area contributed by atoms with Crippen molar-refractivity contribution in [1.29, 1.82) is 0 Å². The molecule has 2 rings (SSSR count). The lowest BCUT2D eigenvalue weighted by molar-refractivity contribution is -0.126. The molecule has 3 N–H and O–H groups in total. The fourth-order valence-electron chi connectivity index (χ4n) is 2.80. The summed E-state index contributed by atoms with van der Waals surface area (Å²) in [5.41, 5.74) is 6.95. The zero-order valence-corrected chi connectivity index (χ0v) is 13.2. The number of hydrogen-bond donors (Lipinski definition) is 2. The minimum Gasteiger partial charge on any atom is -0.493 e. The summed E-state index contributed by atoms with van der Waals surface area (Å²) >= 11 is 0. The fraction of sp³-hybridized carbons (Fsp3) is 0.588. The standard InChI is InChI=1S/C17H26N2O2/c1-17(2,3)10-12(11-18)16(20)19-14-8-9-21-15-7-5-4-6-13(14)15/h4-7,12,14H,8-11,18H2,1-3H3,(H,19,20). The maximum atomic E-state index is 12.5. The molecule has 0 saturated heterocycles. The number of amides is 1. The van der Waals surface area contributed by atoms with Gasteiger partial charge in [-0.2, -0.15) is 0 Å². The van der Waals surface area contributed by atoms with Gasteiger partial charge < -0.3 is 15.8 Å². The van der Waals surface area contributed by atoms with E-state index in [-0.39, 0.29) is 23.3 Å². The molecule has 1 aliphatic heterocycles. The van der Waals surface area contributed by atoms with Gasteiger partial charge >= 0.3 is 0 Å². The third kappa shape index (κ3) is 4.21. The second-order valence-electron chi connectivity index (χ2n) is 6.93. The molecular weight excluding hydrogens is 264 g/mol. The van der Waals surface area contributed by atoms with Crippen LogP contribution in [0.25, 0.3) is 0 Å². The molecule has 0 aromatic heterocycles. The molecule has 2 atom stereocenters. The average molecular weight is 290 g/mol. The smallest absolute Gasteiger partial charge is 0.224 e. The Kier molecular flexibility index (Phi) is 4.88. The summed E-state index contributed by atoms with van der Waals surface area (Å²) in [7, 11) is 0. The van der Waals surface area contributed by atoms with Crippen molar-refractivity contribution in [3.05, 3.63) is 29.8 Å². The quantitative estimate of drug-likeness (QED) is 0.896. The second-order valence-corrected chi connectivity index (χ2v) is 6.93. The minimum atomic E-state index is -0.139. The van der Waals surface area contributed by atoms with Crippen molar-refractivity contribution in [2.45, 2.75) is 39.7 Å². The van der Waals surface area contributed by atoms with Gasteiger partial charge in [-0.1, -0.05) is 39.0 Å². The predicted molar refractivity (Wildman–Crippen MR) is 84.1 cm³/mol. The molecule has 0 radical (unpaired) electrons. The molecule has 0 fully saturated rings. The van der Waals surface area contributed by atoms with Crippen LogP contribution in [0.3, 0.4) is 0 Å². The number of rotatable bonds is 4. The Hall–Kier alpha value is -1.55.